The maximum Gasteiger partial charge on any atom is 0.349 e. The van der Waals surface area contributed by atoms with E-state index in [1.807, 2.05) is 30.5 Å². The molecule has 0 atom stereocenters. The molecule has 0 bridgehead atoms. The lowest BCUT2D eigenvalue weighted by Gasteiger charge is -2.08. The van der Waals surface area contributed by atoms with Gasteiger partial charge in [-0.15, -0.1) is 21.5 Å². The lowest BCUT2D eigenvalue weighted by molar-refractivity contribution is 0.0943. The first kappa shape index (κ1) is 20.5. The molecule has 3 aromatic heterocycles. The summed E-state index contributed by atoms with van der Waals surface area (Å²) in [5.41, 5.74) is 0.277. The van der Waals surface area contributed by atoms with Gasteiger partial charge in [0.15, 0.2) is 11.3 Å². The van der Waals surface area contributed by atoms with Crippen molar-refractivity contribution in [3.05, 3.63) is 69.9 Å². The van der Waals surface area contributed by atoms with Gasteiger partial charge in [0.05, 0.1) is 18.0 Å². The molecule has 4 rings (SSSR count). The Labute approximate surface area is 181 Å². The summed E-state index contributed by atoms with van der Waals surface area (Å²) in [7, 11) is 0. The fourth-order valence-electron chi connectivity index (χ4n) is 2.91. The molecule has 0 fully saturated rings. The molecular weight excluding hydrogens is 418 g/mol. The Morgan fingerprint density at radius 1 is 1.13 bits per heavy atom. The minimum absolute atomic E-state index is 0.0822. The van der Waals surface area contributed by atoms with Crippen LogP contribution in [0.4, 0.5) is 0 Å². The number of thiophene rings is 1. The number of nitrogens with zero attached hydrogens (tertiary/aromatic N) is 2. The average molecular weight is 437 g/mol. The van der Waals surface area contributed by atoms with E-state index in [2.05, 4.69) is 15.5 Å². The monoisotopic (exact) mass is 437 g/mol. The molecule has 1 N–H and O–H groups in total. The van der Waals surface area contributed by atoms with E-state index in [0.717, 1.165) is 10.6 Å². The normalized spacial score (nSPS) is 10.7. The van der Waals surface area contributed by atoms with Gasteiger partial charge < -0.3 is 19.2 Å². The number of nitrogens with one attached hydrogen (secondary N) is 1. The van der Waals surface area contributed by atoms with E-state index in [0.29, 0.717) is 29.2 Å². The highest BCUT2D eigenvalue weighted by Gasteiger charge is 2.15. The van der Waals surface area contributed by atoms with Crippen molar-refractivity contribution in [1.29, 1.82) is 0 Å². The third-order valence-electron chi connectivity index (χ3n) is 4.32. The summed E-state index contributed by atoms with van der Waals surface area (Å²) < 4.78 is 16.3. The number of ether oxygens (including phenoxy) is 2. The molecule has 0 aliphatic rings. The zero-order chi connectivity index (χ0) is 21.6. The SMILES string of the molecule is CCOc1cccc2cc(C(=O)NCCOc3ccc(-c4cccs4)nn3)c(=O)oc12. The molecule has 4 aromatic rings. The standard InChI is InChI=1S/C22H19N3O5S/c1-2-28-17-6-3-5-14-13-15(22(27)30-20(14)17)21(26)23-10-11-29-19-9-8-16(24-25-19)18-7-4-12-31-18/h3-9,12-13H,2,10-11H2,1H3,(H,23,26). The van der Waals surface area contributed by atoms with E-state index in [1.165, 1.54) is 6.07 Å². The van der Waals surface area contributed by atoms with E-state index in [4.69, 9.17) is 13.9 Å². The largest absolute Gasteiger partial charge is 0.490 e. The van der Waals surface area contributed by atoms with Crippen LogP contribution in [0.1, 0.15) is 17.3 Å². The molecule has 1 amide bonds. The Bertz CT molecular complexity index is 1240. The summed E-state index contributed by atoms with van der Waals surface area (Å²) in [6.45, 7) is 2.63. The topological polar surface area (TPSA) is 104 Å². The molecule has 8 nitrogen and oxygen atoms in total. The van der Waals surface area contributed by atoms with Crippen LogP contribution in [0.25, 0.3) is 21.5 Å². The van der Waals surface area contributed by atoms with Crippen LogP contribution in [0.5, 0.6) is 11.6 Å². The van der Waals surface area contributed by atoms with Crippen molar-refractivity contribution in [3.63, 3.8) is 0 Å². The van der Waals surface area contributed by atoms with E-state index >= 15 is 0 Å². The zero-order valence-electron chi connectivity index (χ0n) is 16.7. The van der Waals surface area contributed by atoms with Gasteiger partial charge in [0.1, 0.15) is 17.9 Å². The molecule has 3 heterocycles. The summed E-state index contributed by atoms with van der Waals surface area (Å²) in [5.74, 6) is 0.270. The Balaban J connectivity index is 1.35. The molecule has 0 radical (unpaired) electrons. The van der Waals surface area contributed by atoms with Crippen molar-refractivity contribution in [2.45, 2.75) is 6.92 Å². The van der Waals surface area contributed by atoms with Gasteiger partial charge in [-0.05, 0) is 36.6 Å². The van der Waals surface area contributed by atoms with Gasteiger partial charge in [0.2, 0.25) is 5.88 Å². The van der Waals surface area contributed by atoms with Crippen LogP contribution < -0.4 is 20.4 Å². The first-order valence-corrected chi connectivity index (χ1v) is 10.5. The number of benzene rings is 1. The number of rotatable bonds is 8. The Morgan fingerprint density at radius 2 is 2.03 bits per heavy atom. The van der Waals surface area contributed by atoms with Crippen LogP contribution in [0.2, 0.25) is 0 Å². The van der Waals surface area contributed by atoms with Crippen molar-refractivity contribution >= 4 is 28.2 Å². The molecule has 0 unspecified atom stereocenters. The summed E-state index contributed by atoms with van der Waals surface area (Å²) in [6.07, 6.45) is 0. The maximum atomic E-state index is 12.4. The second kappa shape index (κ2) is 9.40. The molecule has 0 aliphatic heterocycles. The molecule has 0 aliphatic carbocycles. The molecule has 31 heavy (non-hydrogen) atoms. The van der Waals surface area contributed by atoms with Crippen molar-refractivity contribution in [1.82, 2.24) is 15.5 Å². The zero-order valence-corrected chi connectivity index (χ0v) is 17.5. The van der Waals surface area contributed by atoms with Gasteiger partial charge in [0.25, 0.3) is 5.91 Å². The summed E-state index contributed by atoms with van der Waals surface area (Å²) in [5, 5.41) is 13.4. The number of para-hydroxylation sites is 1. The highest BCUT2D eigenvalue weighted by atomic mass is 32.1. The molecule has 0 spiro atoms. The number of hydrogen-bond acceptors (Lipinski definition) is 8. The second-order valence-electron chi connectivity index (χ2n) is 6.39. The number of carbonyl (C=O) groups is 1. The Kier molecular flexibility index (Phi) is 6.23. The van der Waals surface area contributed by atoms with Crippen molar-refractivity contribution in [2.75, 3.05) is 19.8 Å². The van der Waals surface area contributed by atoms with Gasteiger partial charge in [-0.25, -0.2) is 4.79 Å². The maximum absolute atomic E-state index is 12.4. The predicted octanol–water partition coefficient (Wildman–Crippen LogP) is 3.52. The average Bonchev–Trinajstić information content (AvgIpc) is 3.32. The smallest absolute Gasteiger partial charge is 0.349 e. The van der Waals surface area contributed by atoms with Gasteiger partial charge in [-0.3, -0.25) is 4.79 Å². The van der Waals surface area contributed by atoms with Crippen LogP contribution in [0.3, 0.4) is 0 Å². The number of carbonyl (C=O) groups excluding carboxylic acids is 1. The first-order valence-electron chi connectivity index (χ1n) is 9.64. The fraction of sp³-hybridized carbons (Fsp3) is 0.182. The third-order valence-corrected chi connectivity index (χ3v) is 5.21. The Morgan fingerprint density at radius 3 is 2.77 bits per heavy atom. The van der Waals surface area contributed by atoms with Crippen LogP contribution >= 0.6 is 11.3 Å². The lowest BCUT2D eigenvalue weighted by atomic mass is 10.1. The molecular formula is C22H19N3O5S. The van der Waals surface area contributed by atoms with Gasteiger partial charge in [-0.1, -0.05) is 18.2 Å². The van der Waals surface area contributed by atoms with E-state index < -0.39 is 11.5 Å². The van der Waals surface area contributed by atoms with Crippen LogP contribution in [0.15, 0.2) is 63.1 Å². The quantitative estimate of drug-likeness (QED) is 0.332. The lowest BCUT2D eigenvalue weighted by Crippen LogP contribution is -2.31. The number of hydrogen-bond donors (Lipinski definition) is 1. The molecule has 158 valence electrons. The van der Waals surface area contributed by atoms with Crippen LogP contribution in [-0.2, 0) is 0 Å². The van der Waals surface area contributed by atoms with Gasteiger partial charge in [-0.2, -0.15) is 0 Å². The summed E-state index contributed by atoms with van der Waals surface area (Å²) in [4.78, 5) is 25.7. The Hall–Kier alpha value is -3.72. The third kappa shape index (κ3) is 4.72. The highest BCUT2D eigenvalue weighted by Crippen LogP contribution is 2.25. The molecule has 0 saturated heterocycles. The molecule has 9 heteroatoms. The van der Waals surface area contributed by atoms with Crippen molar-refractivity contribution in [2.24, 2.45) is 0 Å². The minimum Gasteiger partial charge on any atom is -0.490 e. The van der Waals surface area contributed by atoms with Gasteiger partial charge >= 0.3 is 5.63 Å². The van der Waals surface area contributed by atoms with E-state index in [1.54, 1.807) is 35.6 Å². The highest BCUT2D eigenvalue weighted by molar-refractivity contribution is 7.13. The van der Waals surface area contributed by atoms with E-state index in [9.17, 15) is 9.59 Å². The van der Waals surface area contributed by atoms with Gasteiger partial charge in [0, 0.05) is 11.5 Å². The predicted molar refractivity (Wildman–Crippen MR) is 117 cm³/mol. The number of amides is 1. The van der Waals surface area contributed by atoms with Crippen LogP contribution in [-0.4, -0.2) is 35.9 Å². The molecule has 1 aromatic carbocycles. The fourth-order valence-corrected chi connectivity index (χ4v) is 3.60. The number of fused-ring (bicyclic) bond motifs is 1. The molecule has 0 saturated carbocycles. The summed E-state index contributed by atoms with van der Waals surface area (Å²) >= 11 is 1.58. The van der Waals surface area contributed by atoms with Crippen molar-refractivity contribution in [3.8, 4) is 22.2 Å². The van der Waals surface area contributed by atoms with Crippen LogP contribution in [0, 0.1) is 0 Å². The summed E-state index contributed by atoms with van der Waals surface area (Å²) in [6, 6.07) is 14.2. The van der Waals surface area contributed by atoms with E-state index in [-0.39, 0.29) is 18.7 Å². The van der Waals surface area contributed by atoms with Crippen molar-refractivity contribution < 1.29 is 18.7 Å². The first-order chi connectivity index (χ1) is 15.2. The number of aromatic nitrogens is 2. The second-order valence-corrected chi connectivity index (χ2v) is 7.34. The minimum atomic E-state index is -0.729.